The molecule has 0 radical (unpaired) electrons. The highest BCUT2D eigenvalue weighted by molar-refractivity contribution is 6.55. The van der Waals surface area contributed by atoms with E-state index in [1.54, 1.807) is 7.11 Å². The molecular weight excluding hydrogens is 120 g/mol. The van der Waals surface area contributed by atoms with Crippen LogP contribution in [0, 0.1) is 0 Å². The van der Waals surface area contributed by atoms with Gasteiger partial charge in [0.2, 0.25) is 9.04 Å². The van der Waals surface area contributed by atoms with Gasteiger partial charge in [0.05, 0.1) is 0 Å². The van der Waals surface area contributed by atoms with Crippen LogP contribution in [0.25, 0.3) is 0 Å². The predicted octanol–water partition coefficient (Wildman–Crippen LogP) is 0.686. The van der Waals surface area contributed by atoms with Gasteiger partial charge in [-0.1, -0.05) is 5.70 Å². The minimum absolute atomic E-state index is 0.402. The topological polar surface area (TPSA) is 18.5 Å². The maximum atomic E-state index is 5.14. The summed E-state index contributed by atoms with van der Waals surface area (Å²) in [6.45, 7) is 6.04. The first kappa shape index (κ1) is 7.88. The van der Waals surface area contributed by atoms with Crippen LogP contribution in [0.2, 0.25) is 6.55 Å². The Morgan fingerprint density at radius 1 is 1.75 bits per heavy atom. The summed E-state index contributed by atoms with van der Waals surface area (Å²) >= 11 is 0. The third-order valence-electron chi connectivity index (χ3n) is 0.781. The Labute approximate surface area is 51.8 Å². The summed E-state index contributed by atoms with van der Waals surface area (Å²) in [5.41, 5.74) is 1.86. The smallest absolute Gasteiger partial charge is 0.200 e. The molecule has 0 saturated heterocycles. The highest BCUT2D eigenvalue weighted by atomic mass is 28.3. The summed E-state index contributed by atoms with van der Waals surface area (Å²) in [4.78, 5) is 0. The molecule has 0 N–H and O–H groups in total. The molecule has 0 aliphatic heterocycles. The Morgan fingerprint density at radius 3 is 2.75 bits per heavy atom. The van der Waals surface area contributed by atoms with Crippen molar-refractivity contribution in [2.24, 2.45) is 0 Å². The molecule has 0 saturated carbocycles. The molecule has 0 fully saturated rings. The molecule has 0 aromatic carbocycles. The normalized spacial score (nSPS) is 13.2. The molecule has 48 valence electrons. The first-order chi connectivity index (χ1) is 3.81. The minimum atomic E-state index is -1.06. The van der Waals surface area contributed by atoms with E-state index in [1.807, 2.05) is 12.2 Å². The monoisotopic (exact) mass is 132 g/mol. The fourth-order valence-electron chi connectivity index (χ4n) is 0.243. The lowest BCUT2D eigenvalue weighted by atomic mass is 11.3. The summed E-state index contributed by atoms with van der Waals surface area (Å²) in [7, 11) is 0.555. The maximum Gasteiger partial charge on any atom is 0.200 e. The summed E-state index contributed by atoms with van der Waals surface area (Å²) in [5, 5.41) is 0. The zero-order valence-electron chi connectivity index (χ0n) is 5.39. The highest BCUT2D eigenvalue weighted by Gasteiger charge is 1.94. The van der Waals surface area contributed by atoms with E-state index in [1.165, 1.54) is 0 Å². The van der Waals surface area contributed by atoms with Crippen LogP contribution in [0.3, 0.4) is 0 Å². The maximum absolute atomic E-state index is 5.14. The second kappa shape index (κ2) is 5.02. The molecule has 0 aliphatic rings. The summed E-state index contributed by atoms with van der Waals surface area (Å²) < 4.78 is 9.82. The van der Waals surface area contributed by atoms with Gasteiger partial charge in [0.15, 0.2) is 0 Å². The SMILES string of the molecule is C=C[SiH](C)OCOC. The first-order valence-corrected chi connectivity index (χ1v) is 4.83. The quantitative estimate of drug-likeness (QED) is 0.414. The van der Waals surface area contributed by atoms with Crippen molar-refractivity contribution in [1.29, 1.82) is 0 Å². The van der Waals surface area contributed by atoms with Gasteiger partial charge in [-0.25, -0.2) is 0 Å². The Morgan fingerprint density at radius 2 is 2.38 bits per heavy atom. The van der Waals surface area contributed by atoms with Gasteiger partial charge in [-0.05, 0) is 6.55 Å². The van der Waals surface area contributed by atoms with Crippen LogP contribution in [0.5, 0.6) is 0 Å². The molecule has 0 rings (SSSR count). The van der Waals surface area contributed by atoms with Crippen molar-refractivity contribution < 1.29 is 9.16 Å². The van der Waals surface area contributed by atoms with Crippen molar-refractivity contribution in [3.8, 4) is 0 Å². The molecule has 0 bridgehead atoms. The van der Waals surface area contributed by atoms with Gasteiger partial charge in [-0.15, -0.1) is 6.58 Å². The zero-order valence-corrected chi connectivity index (χ0v) is 6.54. The number of hydrogen-bond donors (Lipinski definition) is 0. The van der Waals surface area contributed by atoms with Crippen molar-refractivity contribution in [2.75, 3.05) is 13.9 Å². The molecule has 0 aliphatic carbocycles. The van der Waals surface area contributed by atoms with Crippen molar-refractivity contribution in [2.45, 2.75) is 6.55 Å². The van der Waals surface area contributed by atoms with Crippen LogP contribution in [-0.4, -0.2) is 22.9 Å². The van der Waals surface area contributed by atoms with Crippen molar-refractivity contribution in [3.63, 3.8) is 0 Å². The van der Waals surface area contributed by atoms with E-state index in [0.29, 0.717) is 6.79 Å². The average molecular weight is 132 g/mol. The second-order valence-electron chi connectivity index (χ2n) is 1.51. The third kappa shape index (κ3) is 4.05. The van der Waals surface area contributed by atoms with E-state index in [0.717, 1.165) is 0 Å². The van der Waals surface area contributed by atoms with Crippen LogP contribution >= 0.6 is 0 Å². The third-order valence-corrected chi connectivity index (χ3v) is 2.11. The zero-order chi connectivity index (χ0) is 6.41. The van der Waals surface area contributed by atoms with Gasteiger partial charge in [0, 0.05) is 7.11 Å². The number of methoxy groups -OCH3 is 1. The molecule has 8 heavy (non-hydrogen) atoms. The van der Waals surface area contributed by atoms with Crippen molar-refractivity contribution in [1.82, 2.24) is 0 Å². The van der Waals surface area contributed by atoms with E-state index in [2.05, 4.69) is 11.3 Å². The highest BCUT2D eigenvalue weighted by Crippen LogP contribution is 1.84. The molecule has 0 spiro atoms. The second-order valence-corrected chi connectivity index (χ2v) is 3.73. The van der Waals surface area contributed by atoms with Crippen molar-refractivity contribution >= 4 is 9.04 Å². The van der Waals surface area contributed by atoms with Crippen LogP contribution in [0.4, 0.5) is 0 Å². The number of rotatable bonds is 4. The lowest BCUT2D eigenvalue weighted by Gasteiger charge is -2.03. The van der Waals surface area contributed by atoms with E-state index in [9.17, 15) is 0 Å². The van der Waals surface area contributed by atoms with Gasteiger partial charge in [-0.3, -0.25) is 0 Å². The van der Waals surface area contributed by atoms with Crippen molar-refractivity contribution in [3.05, 3.63) is 12.3 Å². The molecular formula is C5H12O2Si. The predicted molar refractivity (Wildman–Crippen MR) is 36.2 cm³/mol. The van der Waals surface area contributed by atoms with E-state index in [-0.39, 0.29) is 0 Å². The molecule has 0 heterocycles. The Hall–Kier alpha value is -0.123. The van der Waals surface area contributed by atoms with Gasteiger partial charge in [-0.2, -0.15) is 0 Å². The van der Waals surface area contributed by atoms with E-state index >= 15 is 0 Å². The Bertz CT molecular complexity index is 65.4. The molecule has 2 nitrogen and oxygen atoms in total. The average Bonchev–Trinajstić information content (AvgIpc) is 1.83. The van der Waals surface area contributed by atoms with Gasteiger partial charge >= 0.3 is 0 Å². The molecule has 0 aromatic heterocycles. The molecule has 1 unspecified atom stereocenters. The summed E-state index contributed by atoms with van der Waals surface area (Å²) in [5.74, 6) is 0. The summed E-state index contributed by atoms with van der Waals surface area (Å²) in [6.07, 6.45) is 0. The largest absolute Gasteiger partial charge is 0.394 e. The molecule has 0 amide bonds. The van der Waals surface area contributed by atoms with Crippen LogP contribution < -0.4 is 0 Å². The Kier molecular flexibility index (Phi) is 4.95. The van der Waals surface area contributed by atoms with E-state index < -0.39 is 9.04 Å². The molecule has 0 aromatic rings. The fraction of sp³-hybridized carbons (Fsp3) is 0.600. The fourth-order valence-corrected chi connectivity index (χ4v) is 0.730. The van der Waals surface area contributed by atoms with Gasteiger partial charge < -0.3 is 9.16 Å². The van der Waals surface area contributed by atoms with Gasteiger partial charge in [0.1, 0.15) is 6.79 Å². The lowest BCUT2D eigenvalue weighted by Crippen LogP contribution is -2.11. The van der Waals surface area contributed by atoms with Crippen LogP contribution in [0.1, 0.15) is 0 Å². The Balaban J connectivity index is 2.98. The summed E-state index contributed by atoms with van der Waals surface area (Å²) in [6, 6.07) is 0. The first-order valence-electron chi connectivity index (χ1n) is 2.54. The van der Waals surface area contributed by atoms with E-state index in [4.69, 9.17) is 4.43 Å². The standard InChI is InChI=1S/C5H12O2Si/c1-4-8(3)7-5-6-2/h4,8H,1,5H2,2-3H3. The molecule has 1 atom stereocenters. The number of hydrogen-bond acceptors (Lipinski definition) is 2. The van der Waals surface area contributed by atoms with Crippen LogP contribution in [-0.2, 0) is 9.16 Å². The van der Waals surface area contributed by atoms with Crippen LogP contribution in [0.15, 0.2) is 12.3 Å². The molecule has 3 heteroatoms. The van der Waals surface area contributed by atoms with Gasteiger partial charge in [0.25, 0.3) is 0 Å². The minimum Gasteiger partial charge on any atom is -0.394 e. The number of ether oxygens (including phenoxy) is 1. The lowest BCUT2D eigenvalue weighted by molar-refractivity contribution is 0.0514.